The largest absolute Gasteiger partial charge is 0.237 e. The molecule has 0 aromatic heterocycles. The summed E-state index contributed by atoms with van der Waals surface area (Å²) in [5, 5.41) is 24.7. The van der Waals surface area contributed by atoms with Gasteiger partial charge in [-0.2, -0.15) is 15.8 Å². The van der Waals surface area contributed by atoms with Crippen LogP contribution in [0.2, 0.25) is 0 Å². The lowest BCUT2D eigenvalue weighted by Gasteiger charge is -2.17. The quantitative estimate of drug-likeness (QED) is 0.802. The van der Waals surface area contributed by atoms with E-state index in [4.69, 9.17) is 15.8 Å². The molecule has 0 N–H and O–H groups in total. The number of nitriles is 3. The van der Waals surface area contributed by atoms with Crippen LogP contribution in [0.4, 0.5) is 0 Å². The Labute approximate surface area is 131 Å². The van der Waals surface area contributed by atoms with Crippen molar-refractivity contribution < 1.29 is 8.42 Å². The molecule has 1 aromatic rings. The van der Waals surface area contributed by atoms with Crippen LogP contribution in [0, 0.1) is 39.9 Å². The first-order valence-corrected chi connectivity index (χ1v) is 8.48. The third-order valence-corrected chi connectivity index (χ3v) is 5.34. The van der Waals surface area contributed by atoms with Gasteiger partial charge in [-0.15, -0.1) is 0 Å². The molecule has 1 aromatic carbocycles. The van der Waals surface area contributed by atoms with Crippen molar-refractivity contribution in [1.82, 2.24) is 0 Å². The Morgan fingerprint density at radius 2 is 1.59 bits per heavy atom. The van der Waals surface area contributed by atoms with Crippen molar-refractivity contribution in [2.75, 3.05) is 0 Å². The first kappa shape index (κ1) is 17.7. The lowest BCUT2D eigenvalue weighted by Crippen LogP contribution is -2.17. The molecule has 0 saturated heterocycles. The molecule has 0 aliphatic heterocycles. The minimum atomic E-state index is -3.95. The van der Waals surface area contributed by atoms with Crippen LogP contribution in [0.3, 0.4) is 0 Å². The molecule has 0 heterocycles. The van der Waals surface area contributed by atoms with Crippen molar-refractivity contribution in [3.05, 3.63) is 29.8 Å². The van der Waals surface area contributed by atoms with Gasteiger partial charge in [-0.05, 0) is 43.4 Å². The molecule has 22 heavy (non-hydrogen) atoms. The first-order chi connectivity index (χ1) is 10.4. The zero-order valence-electron chi connectivity index (χ0n) is 12.5. The van der Waals surface area contributed by atoms with Gasteiger partial charge < -0.3 is 0 Å². The van der Waals surface area contributed by atoms with E-state index < -0.39 is 15.1 Å². The predicted molar refractivity (Wildman–Crippen MR) is 81.1 cm³/mol. The van der Waals surface area contributed by atoms with Gasteiger partial charge in [-0.3, -0.25) is 0 Å². The number of nitrogens with zero attached hydrogens (tertiary/aromatic N) is 3. The Hall–Kier alpha value is -2.36. The van der Waals surface area contributed by atoms with Gasteiger partial charge in [0.15, 0.2) is 0 Å². The van der Waals surface area contributed by atoms with Crippen LogP contribution in [0.1, 0.15) is 38.2 Å². The van der Waals surface area contributed by atoms with Crippen LogP contribution < -0.4 is 0 Å². The second-order valence-corrected chi connectivity index (χ2v) is 7.16. The van der Waals surface area contributed by atoms with E-state index in [0.717, 1.165) is 12.0 Å². The van der Waals surface area contributed by atoms with Crippen LogP contribution in [-0.4, -0.2) is 13.7 Å². The second-order valence-electron chi connectivity index (χ2n) is 5.12. The molecule has 0 aliphatic rings. The monoisotopic (exact) mass is 315 g/mol. The summed E-state index contributed by atoms with van der Waals surface area (Å²) in [6, 6.07) is 11.4. The molecule has 0 aliphatic carbocycles. The highest BCUT2D eigenvalue weighted by Gasteiger charge is 2.27. The number of hydrogen-bond acceptors (Lipinski definition) is 5. The van der Waals surface area contributed by atoms with E-state index in [1.807, 2.05) is 13.8 Å². The van der Waals surface area contributed by atoms with Gasteiger partial charge in [-0.1, -0.05) is 19.1 Å². The summed E-state index contributed by atoms with van der Waals surface area (Å²) in [6.07, 6.45) is 1.55. The van der Waals surface area contributed by atoms with Gasteiger partial charge in [0, 0.05) is 5.92 Å². The lowest BCUT2D eigenvalue weighted by molar-refractivity contribution is 0.531. The highest BCUT2D eigenvalue weighted by molar-refractivity contribution is 7.92. The fraction of sp³-hybridized carbons (Fsp3) is 0.438. The molecule has 6 heteroatoms. The summed E-state index contributed by atoms with van der Waals surface area (Å²) in [4.78, 5) is -0.0347. The maximum absolute atomic E-state index is 12.1. The van der Waals surface area contributed by atoms with Gasteiger partial charge in [0.2, 0.25) is 15.1 Å². The minimum Gasteiger partial charge on any atom is -0.221 e. The van der Waals surface area contributed by atoms with Crippen molar-refractivity contribution in [3.63, 3.8) is 0 Å². The molecule has 2 unspecified atom stereocenters. The Bertz CT molecular complexity index is 720. The van der Waals surface area contributed by atoms with Gasteiger partial charge in [0.1, 0.15) is 0 Å². The van der Waals surface area contributed by atoms with E-state index >= 15 is 0 Å². The van der Waals surface area contributed by atoms with E-state index in [9.17, 15) is 8.42 Å². The van der Waals surface area contributed by atoms with Crippen LogP contribution in [0.15, 0.2) is 29.2 Å². The average molecular weight is 315 g/mol. The van der Waals surface area contributed by atoms with Gasteiger partial charge >= 0.3 is 0 Å². The van der Waals surface area contributed by atoms with Crippen molar-refractivity contribution in [2.24, 2.45) is 5.92 Å². The Kier molecular flexibility index (Phi) is 6.11. The van der Waals surface area contributed by atoms with E-state index in [1.54, 1.807) is 12.1 Å². The highest BCUT2D eigenvalue weighted by Crippen LogP contribution is 2.28. The molecule has 114 valence electrons. The molecule has 0 bridgehead atoms. The van der Waals surface area contributed by atoms with E-state index in [2.05, 4.69) is 6.07 Å². The molecule has 0 fully saturated rings. The zero-order chi connectivity index (χ0) is 16.8. The van der Waals surface area contributed by atoms with E-state index in [1.165, 1.54) is 24.3 Å². The summed E-state index contributed by atoms with van der Waals surface area (Å²) in [5.41, 5.74) is 0.953. The van der Waals surface area contributed by atoms with Crippen molar-refractivity contribution in [2.45, 2.75) is 42.8 Å². The normalized spacial score (nSPS) is 13.6. The third kappa shape index (κ3) is 3.85. The summed E-state index contributed by atoms with van der Waals surface area (Å²) < 4.78 is 24.2. The first-order valence-electron chi connectivity index (χ1n) is 6.93. The lowest BCUT2D eigenvalue weighted by atomic mass is 9.88. The zero-order valence-corrected chi connectivity index (χ0v) is 13.3. The summed E-state index contributed by atoms with van der Waals surface area (Å²) in [7, 11) is -3.95. The molecular weight excluding hydrogens is 298 g/mol. The average Bonchev–Trinajstić information content (AvgIpc) is 2.53. The molecule has 0 amide bonds. The molecule has 0 radical (unpaired) electrons. The van der Waals surface area contributed by atoms with Crippen molar-refractivity contribution >= 4 is 9.84 Å². The molecular formula is C16H17N3O2S. The van der Waals surface area contributed by atoms with Crippen LogP contribution in [0.5, 0.6) is 0 Å². The third-order valence-electron chi connectivity index (χ3n) is 3.58. The number of sulfone groups is 1. The Morgan fingerprint density at radius 1 is 1.05 bits per heavy atom. The van der Waals surface area contributed by atoms with Gasteiger partial charge in [0.05, 0.1) is 23.1 Å². The highest BCUT2D eigenvalue weighted by atomic mass is 32.2. The summed E-state index contributed by atoms with van der Waals surface area (Å²) in [6.45, 7) is 3.87. The van der Waals surface area contributed by atoms with Crippen molar-refractivity contribution in [1.29, 1.82) is 15.8 Å². The predicted octanol–water partition coefficient (Wildman–Crippen LogP) is 2.92. The maximum Gasteiger partial charge on any atom is 0.237 e. The number of benzene rings is 1. The second kappa shape index (κ2) is 7.59. The minimum absolute atomic E-state index is 0.0347. The fourth-order valence-corrected chi connectivity index (χ4v) is 3.32. The molecule has 0 saturated carbocycles. The van der Waals surface area contributed by atoms with Crippen LogP contribution >= 0.6 is 0 Å². The van der Waals surface area contributed by atoms with E-state index in [-0.39, 0.29) is 16.7 Å². The molecule has 0 spiro atoms. The van der Waals surface area contributed by atoms with E-state index in [0.29, 0.717) is 6.42 Å². The summed E-state index contributed by atoms with van der Waals surface area (Å²) in [5.74, 6) is 0.101. The van der Waals surface area contributed by atoms with Gasteiger partial charge in [-0.25, -0.2) is 8.42 Å². The summed E-state index contributed by atoms with van der Waals surface area (Å²) >= 11 is 0. The maximum atomic E-state index is 12.1. The Balaban J connectivity index is 3.08. The Morgan fingerprint density at radius 3 is 2.00 bits per heavy atom. The van der Waals surface area contributed by atoms with Crippen molar-refractivity contribution in [3.8, 4) is 18.2 Å². The van der Waals surface area contributed by atoms with Gasteiger partial charge in [0.25, 0.3) is 0 Å². The van der Waals surface area contributed by atoms with Crippen LogP contribution in [0.25, 0.3) is 0 Å². The molecule has 1 rings (SSSR count). The standard InChI is InChI=1S/C16H17N3O2S/c1-3-13(8-12(2)9-17)14-4-6-15(7-5-14)22(20,21)16(10-18)11-19/h4-7,12-13,16H,3,8H2,1-2H3. The SMILES string of the molecule is CCC(CC(C)C#N)c1ccc(S(=O)(=O)C(C#N)C#N)cc1. The van der Waals surface area contributed by atoms with Crippen LogP contribution in [-0.2, 0) is 9.84 Å². The fourth-order valence-electron chi connectivity index (χ4n) is 2.25. The number of hydrogen-bond donors (Lipinski definition) is 0. The smallest absolute Gasteiger partial charge is 0.221 e. The number of rotatable bonds is 6. The molecule has 2 atom stereocenters. The molecule has 5 nitrogen and oxygen atoms in total. The topological polar surface area (TPSA) is 106 Å².